The molecule has 11 aromatic rings. The van der Waals surface area contributed by atoms with Gasteiger partial charge in [-0.25, -0.2) is 0 Å². The average Bonchev–Trinajstić information content (AvgIpc) is 3.66. The second-order valence-electron chi connectivity index (χ2n) is 13.0. The molecule has 0 bridgehead atoms. The fourth-order valence-corrected chi connectivity index (χ4v) is 8.02. The van der Waals surface area contributed by atoms with Crippen LogP contribution in [0.2, 0.25) is 0 Å². The van der Waals surface area contributed by atoms with Gasteiger partial charge < -0.3 is 4.42 Å². The van der Waals surface area contributed by atoms with E-state index in [0.29, 0.717) is 27.8 Å². The first-order valence-electron chi connectivity index (χ1n) is 20.9. The Bertz CT molecular complexity index is 3580. The number of rotatable bonds is 3. The lowest BCUT2D eigenvalue weighted by atomic mass is 9.83. The molecule has 1 heterocycles. The lowest BCUT2D eigenvalue weighted by Crippen LogP contribution is -1.93. The van der Waals surface area contributed by atoms with Crippen LogP contribution < -0.4 is 0 Å². The molecular weight excluding hydrogens is 617 g/mol. The Labute approximate surface area is 305 Å². The molecule has 1 aromatic heterocycles. The van der Waals surface area contributed by atoms with Crippen LogP contribution in [-0.4, -0.2) is 0 Å². The molecule has 0 radical (unpaired) electrons. The van der Waals surface area contributed by atoms with Gasteiger partial charge >= 0.3 is 0 Å². The van der Waals surface area contributed by atoms with Crippen molar-refractivity contribution in [1.82, 2.24) is 0 Å². The fourth-order valence-electron chi connectivity index (χ4n) is 8.02. The van der Waals surface area contributed by atoms with Crippen LogP contribution in [0.25, 0.3) is 109 Å². The Morgan fingerprint density at radius 3 is 1.63 bits per heavy atom. The van der Waals surface area contributed by atoms with E-state index in [0.717, 1.165) is 59.8 Å². The monoisotopic (exact) mass is 654 g/mol. The maximum atomic E-state index is 9.56. The molecule has 0 N–H and O–H groups in total. The molecule has 0 amide bonds. The number of fused-ring (bicyclic) bond motifs is 9. The minimum Gasteiger partial charge on any atom is -0.456 e. The highest BCUT2D eigenvalue weighted by atomic mass is 16.3. The van der Waals surface area contributed by atoms with Crippen LogP contribution in [0.15, 0.2) is 186 Å². The van der Waals surface area contributed by atoms with Gasteiger partial charge in [-0.2, -0.15) is 0 Å². The summed E-state index contributed by atoms with van der Waals surface area (Å²) in [4.78, 5) is 0. The van der Waals surface area contributed by atoms with Crippen LogP contribution in [0, 0.1) is 0 Å². The van der Waals surface area contributed by atoms with Gasteiger partial charge in [0, 0.05) is 10.8 Å². The Morgan fingerprint density at radius 1 is 0.353 bits per heavy atom. The number of hydrogen-bond donors (Lipinski definition) is 0. The molecule has 0 spiro atoms. The summed E-state index contributed by atoms with van der Waals surface area (Å²) in [6.45, 7) is 0. The highest BCUT2D eigenvalue weighted by Crippen LogP contribution is 2.47. The number of benzene rings is 10. The maximum absolute atomic E-state index is 9.56. The smallest absolute Gasteiger partial charge is 0.136 e. The van der Waals surface area contributed by atoms with Crippen molar-refractivity contribution in [2.24, 2.45) is 0 Å². The SMILES string of the molecule is [2H]c1c([2H])c([2H])c2c(-c3cc(-c4ccc5c(c4)oc4ccc6ccccc6c45)cc4ccccc34)c3c([2H])c([2H])c([2H])c([2H])c3c(-c3cccc4ccccc34)c2c1[2H]. The van der Waals surface area contributed by atoms with Crippen molar-refractivity contribution in [3.63, 3.8) is 0 Å². The molecule has 0 aliphatic rings. The molecular formula is C50H30O. The van der Waals surface area contributed by atoms with Crippen molar-refractivity contribution >= 4 is 75.8 Å². The summed E-state index contributed by atoms with van der Waals surface area (Å²) in [5.41, 5.74) is 4.95. The minimum absolute atomic E-state index is 0.179. The summed E-state index contributed by atoms with van der Waals surface area (Å²) in [7, 11) is 0. The molecule has 1 heteroatoms. The van der Waals surface area contributed by atoms with E-state index < -0.39 is 24.2 Å². The molecule has 1 nitrogen and oxygen atoms in total. The molecule has 0 aliphatic carbocycles. The van der Waals surface area contributed by atoms with Gasteiger partial charge in [-0.3, -0.25) is 0 Å². The van der Waals surface area contributed by atoms with E-state index in [1.54, 1.807) is 0 Å². The van der Waals surface area contributed by atoms with E-state index in [1.807, 2.05) is 103 Å². The van der Waals surface area contributed by atoms with Crippen molar-refractivity contribution in [3.05, 3.63) is 182 Å². The molecule has 0 fully saturated rings. The van der Waals surface area contributed by atoms with Gasteiger partial charge in [0.05, 0.1) is 11.0 Å². The summed E-state index contributed by atoms with van der Waals surface area (Å²) in [6, 6.07) is 40.6. The first-order chi connectivity index (χ1) is 28.6. The zero-order chi connectivity index (χ0) is 40.4. The summed E-state index contributed by atoms with van der Waals surface area (Å²) in [6.07, 6.45) is 0. The Kier molecular flexibility index (Phi) is 4.57. The Morgan fingerprint density at radius 2 is 0.922 bits per heavy atom. The van der Waals surface area contributed by atoms with E-state index >= 15 is 0 Å². The van der Waals surface area contributed by atoms with Crippen LogP contribution in [0.3, 0.4) is 0 Å². The second kappa shape index (κ2) is 10.9. The van der Waals surface area contributed by atoms with Crippen LogP contribution in [0.1, 0.15) is 11.0 Å². The summed E-state index contributed by atoms with van der Waals surface area (Å²) in [5.74, 6) is 0. The lowest BCUT2D eigenvalue weighted by molar-refractivity contribution is 0.669. The number of hydrogen-bond acceptors (Lipinski definition) is 1. The first kappa shape index (κ1) is 21.4. The molecule has 51 heavy (non-hydrogen) atoms. The van der Waals surface area contributed by atoms with Crippen molar-refractivity contribution in [1.29, 1.82) is 0 Å². The third kappa shape index (κ3) is 4.22. The predicted octanol–water partition coefficient (Wildman–Crippen LogP) is 14.4. The van der Waals surface area contributed by atoms with Crippen molar-refractivity contribution < 1.29 is 15.4 Å². The topological polar surface area (TPSA) is 13.1 Å². The molecule has 0 aliphatic heterocycles. The van der Waals surface area contributed by atoms with Gasteiger partial charge in [0.25, 0.3) is 0 Å². The Hall–Kier alpha value is -6.70. The average molecular weight is 655 g/mol. The summed E-state index contributed by atoms with van der Waals surface area (Å²) < 4.78 is 80.4. The fraction of sp³-hybridized carbons (Fsp3) is 0. The minimum atomic E-state index is -0.434. The van der Waals surface area contributed by atoms with E-state index in [2.05, 4.69) is 30.3 Å². The zero-order valence-corrected chi connectivity index (χ0v) is 27.1. The first-order valence-corrected chi connectivity index (χ1v) is 16.9. The van der Waals surface area contributed by atoms with E-state index in [4.69, 9.17) is 9.90 Å². The molecule has 0 saturated heterocycles. The third-order valence-corrected chi connectivity index (χ3v) is 10.3. The second-order valence-corrected chi connectivity index (χ2v) is 13.0. The van der Waals surface area contributed by atoms with E-state index in [-0.39, 0.29) is 45.7 Å². The van der Waals surface area contributed by atoms with Gasteiger partial charge in [0.15, 0.2) is 0 Å². The maximum Gasteiger partial charge on any atom is 0.136 e. The molecule has 0 saturated carbocycles. The summed E-state index contributed by atoms with van der Waals surface area (Å²) >= 11 is 0. The van der Waals surface area contributed by atoms with Crippen molar-refractivity contribution in [2.75, 3.05) is 0 Å². The molecule has 10 aromatic carbocycles. The van der Waals surface area contributed by atoms with Crippen LogP contribution in [-0.2, 0) is 0 Å². The number of furan rings is 1. The van der Waals surface area contributed by atoms with Gasteiger partial charge in [-0.1, -0.05) is 151 Å². The molecule has 236 valence electrons. The molecule has 0 atom stereocenters. The van der Waals surface area contributed by atoms with Crippen LogP contribution >= 0.6 is 0 Å². The normalized spacial score (nSPS) is 14.1. The van der Waals surface area contributed by atoms with Gasteiger partial charge in [0.2, 0.25) is 0 Å². The van der Waals surface area contributed by atoms with Crippen molar-refractivity contribution in [3.8, 4) is 33.4 Å². The quantitative estimate of drug-likeness (QED) is 0.173. The van der Waals surface area contributed by atoms with E-state index in [1.165, 1.54) is 0 Å². The van der Waals surface area contributed by atoms with Crippen LogP contribution in [0.5, 0.6) is 0 Å². The van der Waals surface area contributed by atoms with Gasteiger partial charge in [-0.05, 0) is 118 Å². The van der Waals surface area contributed by atoms with Gasteiger partial charge in [-0.15, -0.1) is 0 Å². The Balaban J connectivity index is 1.31. The molecule has 11 rings (SSSR count). The molecule has 0 unspecified atom stereocenters. The largest absolute Gasteiger partial charge is 0.456 e. The third-order valence-electron chi connectivity index (χ3n) is 10.3. The van der Waals surface area contributed by atoms with E-state index in [9.17, 15) is 5.48 Å². The highest BCUT2D eigenvalue weighted by Gasteiger charge is 2.20. The highest BCUT2D eigenvalue weighted by molar-refractivity contribution is 6.26. The summed E-state index contributed by atoms with van der Waals surface area (Å²) in [5, 5.41) is 8.23. The lowest BCUT2D eigenvalue weighted by Gasteiger charge is -2.20. The van der Waals surface area contributed by atoms with Crippen LogP contribution in [0.4, 0.5) is 0 Å². The van der Waals surface area contributed by atoms with Crippen molar-refractivity contribution in [2.45, 2.75) is 0 Å². The van der Waals surface area contributed by atoms with Gasteiger partial charge in [0.1, 0.15) is 11.2 Å². The standard InChI is InChI=1S/C50H30O/c1-4-16-36-31(12-1)15-11-23-39(36)48-40-19-7-9-21-42(40)49(43-22-10-8-20-41(43)48)45-29-35(28-34-14-3-5-17-37(34)45)33-24-26-44-47(30-33)51-46-27-25-32-13-2-6-18-38(32)50(44)46/h1-30H/i7D,8D,9D,10D,19D,20D,21D,22D. The zero-order valence-electron chi connectivity index (χ0n) is 35.1. The predicted molar refractivity (Wildman–Crippen MR) is 218 cm³/mol.